The summed E-state index contributed by atoms with van der Waals surface area (Å²) >= 11 is 0. The summed E-state index contributed by atoms with van der Waals surface area (Å²) in [6.07, 6.45) is 0.864. The van der Waals surface area contributed by atoms with Gasteiger partial charge in [0.05, 0.1) is 11.0 Å². The molecule has 0 aliphatic carbocycles. The number of sulfonamides is 1. The summed E-state index contributed by atoms with van der Waals surface area (Å²) in [5, 5.41) is 0. The molecule has 2 aliphatic rings. The lowest BCUT2D eigenvalue weighted by Gasteiger charge is -2.35. The average Bonchev–Trinajstić information content (AvgIpc) is 3.11. The molecule has 0 bridgehead atoms. The van der Waals surface area contributed by atoms with Crippen molar-refractivity contribution in [1.29, 1.82) is 0 Å². The molecular formula is C16H22FN3O4S. The van der Waals surface area contributed by atoms with E-state index in [2.05, 4.69) is 0 Å². The van der Waals surface area contributed by atoms with Crippen LogP contribution in [0.2, 0.25) is 0 Å². The summed E-state index contributed by atoms with van der Waals surface area (Å²) in [6, 6.07) is 4.75. The molecule has 2 N–H and O–H groups in total. The highest BCUT2D eigenvalue weighted by atomic mass is 32.2. The van der Waals surface area contributed by atoms with Crippen molar-refractivity contribution in [3.63, 3.8) is 0 Å². The number of amides is 1. The lowest BCUT2D eigenvalue weighted by Crippen LogP contribution is -2.52. The Labute approximate surface area is 146 Å². The Hall–Kier alpha value is -1.55. The van der Waals surface area contributed by atoms with Crippen molar-refractivity contribution in [3.8, 4) is 0 Å². The molecular weight excluding hydrogens is 349 g/mol. The van der Waals surface area contributed by atoms with Crippen LogP contribution in [0.15, 0.2) is 29.2 Å². The van der Waals surface area contributed by atoms with Crippen molar-refractivity contribution in [2.24, 2.45) is 5.73 Å². The first kappa shape index (κ1) is 18.2. The van der Waals surface area contributed by atoms with Gasteiger partial charge < -0.3 is 15.4 Å². The zero-order valence-corrected chi connectivity index (χ0v) is 14.6. The smallest absolute Gasteiger partial charge is 0.251 e. The SMILES string of the molecule is NC[C@H]1CC[C@@H](C(=O)N2CCN(S(=O)(=O)c3ccc(F)cc3)CC2)O1. The molecule has 7 nitrogen and oxygen atoms in total. The maximum atomic E-state index is 13.0. The standard InChI is InChI=1S/C16H22FN3O4S/c17-12-1-4-14(5-2-12)25(22,23)20-9-7-19(8-10-20)16(21)15-6-3-13(11-18)24-15/h1-2,4-5,13,15H,3,6-11,18H2/t13-,15+/m1/s1. The zero-order valence-electron chi connectivity index (χ0n) is 13.8. The summed E-state index contributed by atoms with van der Waals surface area (Å²) in [6.45, 7) is 1.43. The molecule has 0 unspecified atom stereocenters. The molecule has 3 rings (SSSR count). The molecule has 138 valence electrons. The van der Waals surface area contributed by atoms with Crippen molar-refractivity contribution in [2.75, 3.05) is 32.7 Å². The van der Waals surface area contributed by atoms with E-state index < -0.39 is 21.9 Å². The molecule has 1 amide bonds. The zero-order chi connectivity index (χ0) is 18.0. The highest BCUT2D eigenvalue weighted by molar-refractivity contribution is 7.89. The van der Waals surface area contributed by atoms with Gasteiger partial charge in [-0.15, -0.1) is 0 Å². The van der Waals surface area contributed by atoms with E-state index in [1.54, 1.807) is 4.90 Å². The summed E-state index contributed by atoms with van der Waals surface area (Å²) < 4.78 is 45.1. The quantitative estimate of drug-likeness (QED) is 0.814. The second-order valence-corrected chi connectivity index (χ2v) is 8.18. The fourth-order valence-corrected chi connectivity index (χ4v) is 4.59. The topological polar surface area (TPSA) is 92.9 Å². The Kier molecular flexibility index (Phi) is 5.38. The molecule has 1 aromatic carbocycles. The van der Waals surface area contributed by atoms with Crippen LogP contribution in [0, 0.1) is 5.82 Å². The predicted molar refractivity (Wildman–Crippen MR) is 88.7 cm³/mol. The third kappa shape index (κ3) is 3.84. The number of hydrogen-bond acceptors (Lipinski definition) is 5. The fourth-order valence-electron chi connectivity index (χ4n) is 3.17. The summed E-state index contributed by atoms with van der Waals surface area (Å²) in [4.78, 5) is 14.2. The first-order valence-corrected chi connectivity index (χ1v) is 9.76. The van der Waals surface area contributed by atoms with Gasteiger partial charge in [-0.1, -0.05) is 0 Å². The Morgan fingerprint density at radius 1 is 1.16 bits per heavy atom. The van der Waals surface area contributed by atoms with Crippen LogP contribution in [0.1, 0.15) is 12.8 Å². The van der Waals surface area contributed by atoms with Crippen LogP contribution in [0.5, 0.6) is 0 Å². The van der Waals surface area contributed by atoms with E-state index in [9.17, 15) is 17.6 Å². The van der Waals surface area contributed by atoms with E-state index in [4.69, 9.17) is 10.5 Å². The predicted octanol–water partition coefficient (Wildman–Crippen LogP) is 0.165. The number of ether oxygens (including phenoxy) is 1. The van der Waals surface area contributed by atoms with E-state index in [1.165, 1.54) is 16.4 Å². The highest BCUT2D eigenvalue weighted by Gasteiger charge is 2.36. The van der Waals surface area contributed by atoms with Crippen LogP contribution in [0.4, 0.5) is 4.39 Å². The lowest BCUT2D eigenvalue weighted by atomic mass is 10.1. The van der Waals surface area contributed by atoms with Gasteiger partial charge in [0.15, 0.2) is 0 Å². The maximum absolute atomic E-state index is 13.0. The minimum Gasteiger partial charge on any atom is -0.364 e. The third-order valence-electron chi connectivity index (χ3n) is 4.65. The van der Waals surface area contributed by atoms with Gasteiger partial charge in [-0.2, -0.15) is 4.31 Å². The van der Waals surface area contributed by atoms with Crippen molar-refractivity contribution in [3.05, 3.63) is 30.1 Å². The summed E-state index contributed by atoms with van der Waals surface area (Å²) in [7, 11) is -3.68. The second kappa shape index (κ2) is 7.36. The molecule has 2 aliphatic heterocycles. The number of rotatable bonds is 4. The number of nitrogens with zero attached hydrogens (tertiary/aromatic N) is 2. The van der Waals surface area contributed by atoms with Gasteiger partial charge in [-0.05, 0) is 37.1 Å². The van der Waals surface area contributed by atoms with E-state index in [0.717, 1.165) is 18.6 Å². The van der Waals surface area contributed by atoms with Crippen LogP contribution in [0.25, 0.3) is 0 Å². The van der Waals surface area contributed by atoms with Crippen LogP contribution in [0.3, 0.4) is 0 Å². The molecule has 9 heteroatoms. The number of hydrogen-bond donors (Lipinski definition) is 1. The van der Waals surface area contributed by atoms with Gasteiger partial charge in [0.1, 0.15) is 11.9 Å². The number of halogens is 1. The lowest BCUT2D eigenvalue weighted by molar-refractivity contribution is -0.143. The van der Waals surface area contributed by atoms with Crippen LogP contribution in [-0.4, -0.2) is 68.5 Å². The van der Waals surface area contributed by atoms with Crippen molar-refractivity contribution >= 4 is 15.9 Å². The number of nitrogens with two attached hydrogens (primary N) is 1. The molecule has 2 heterocycles. The molecule has 2 fully saturated rings. The molecule has 0 aromatic heterocycles. The summed E-state index contributed by atoms with van der Waals surface area (Å²) in [5.41, 5.74) is 5.56. The van der Waals surface area contributed by atoms with E-state index in [1.807, 2.05) is 0 Å². The van der Waals surface area contributed by atoms with Crippen molar-refractivity contribution in [2.45, 2.75) is 29.9 Å². The molecule has 2 atom stereocenters. The molecule has 1 aromatic rings. The highest BCUT2D eigenvalue weighted by Crippen LogP contribution is 2.23. The molecule has 2 saturated heterocycles. The minimum absolute atomic E-state index is 0.0543. The minimum atomic E-state index is -3.68. The summed E-state index contributed by atoms with van der Waals surface area (Å²) in [5.74, 6) is -0.587. The molecule has 0 spiro atoms. The van der Waals surface area contributed by atoms with E-state index >= 15 is 0 Å². The molecule has 0 radical (unpaired) electrons. The Bertz CT molecular complexity index is 717. The molecule has 0 saturated carbocycles. The van der Waals surface area contributed by atoms with E-state index in [0.29, 0.717) is 26.1 Å². The molecule has 25 heavy (non-hydrogen) atoms. The monoisotopic (exact) mass is 371 g/mol. The van der Waals surface area contributed by atoms with Crippen LogP contribution in [-0.2, 0) is 19.6 Å². The number of carbonyl (C=O) groups is 1. The number of piperazine rings is 1. The Morgan fingerprint density at radius 2 is 1.80 bits per heavy atom. The van der Waals surface area contributed by atoms with Crippen LogP contribution < -0.4 is 5.73 Å². The van der Waals surface area contributed by atoms with Crippen molar-refractivity contribution < 1.29 is 22.3 Å². The Morgan fingerprint density at radius 3 is 2.36 bits per heavy atom. The fraction of sp³-hybridized carbons (Fsp3) is 0.562. The third-order valence-corrected chi connectivity index (χ3v) is 6.56. The van der Waals surface area contributed by atoms with Gasteiger partial charge in [0, 0.05) is 32.7 Å². The van der Waals surface area contributed by atoms with E-state index in [-0.39, 0.29) is 30.0 Å². The van der Waals surface area contributed by atoms with Gasteiger partial charge >= 0.3 is 0 Å². The van der Waals surface area contributed by atoms with Crippen LogP contribution >= 0.6 is 0 Å². The first-order chi connectivity index (χ1) is 11.9. The second-order valence-electron chi connectivity index (χ2n) is 6.24. The average molecular weight is 371 g/mol. The van der Waals surface area contributed by atoms with Gasteiger partial charge in [0.2, 0.25) is 10.0 Å². The number of benzene rings is 1. The van der Waals surface area contributed by atoms with Gasteiger partial charge in [-0.25, -0.2) is 12.8 Å². The van der Waals surface area contributed by atoms with Gasteiger partial charge in [0.25, 0.3) is 5.91 Å². The van der Waals surface area contributed by atoms with Crippen molar-refractivity contribution in [1.82, 2.24) is 9.21 Å². The Balaban J connectivity index is 1.60. The normalized spacial score (nSPS) is 25.3. The first-order valence-electron chi connectivity index (χ1n) is 8.32. The van der Waals surface area contributed by atoms with Gasteiger partial charge in [-0.3, -0.25) is 4.79 Å². The largest absolute Gasteiger partial charge is 0.364 e. The number of carbonyl (C=O) groups excluding carboxylic acids is 1. The maximum Gasteiger partial charge on any atom is 0.251 e.